The molecule has 0 saturated heterocycles. The minimum atomic E-state index is -1.42. The largest absolute Gasteiger partial charge is 0.0844 e. The van der Waals surface area contributed by atoms with E-state index in [9.17, 15) is 0 Å². The highest BCUT2D eigenvalue weighted by Crippen LogP contribution is 2.24. The van der Waals surface area contributed by atoms with Crippen molar-refractivity contribution in [2.45, 2.75) is 19.6 Å². The second-order valence-electron chi connectivity index (χ2n) is 3.97. The molecular formula is C9H11Cl2ISi. The van der Waals surface area contributed by atoms with Crippen molar-refractivity contribution in [2.75, 3.05) is 0 Å². The summed E-state index contributed by atoms with van der Waals surface area (Å²) in [6.07, 6.45) is 0. The Bertz CT molecular complexity index is 331. The van der Waals surface area contributed by atoms with Crippen molar-refractivity contribution in [1.29, 1.82) is 0 Å². The van der Waals surface area contributed by atoms with E-state index < -0.39 is 8.07 Å². The topological polar surface area (TPSA) is 0 Å². The lowest BCUT2D eigenvalue weighted by atomic mass is 10.4. The van der Waals surface area contributed by atoms with Crippen molar-refractivity contribution in [3.8, 4) is 0 Å². The van der Waals surface area contributed by atoms with Crippen LogP contribution in [0.1, 0.15) is 0 Å². The molecule has 0 saturated carbocycles. The first-order valence-electron chi connectivity index (χ1n) is 3.98. The van der Waals surface area contributed by atoms with Crippen molar-refractivity contribution in [1.82, 2.24) is 0 Å². The quantitative estimate of drug-likeness (QED) is 0.408. The summed E-state index contributed by atoms with van der Waals surface area (Å²) < 4.78 is 1.08. The van der Waals surface area contributed by atoms with Gasteiger partial charge in [0.05, 0.1) is 13.1 Å². The van der Waals surface area contributed by atoms with E-state index in [-0.39, 0.29) is 0 Å². The predicted molar refractivity (Wildman–Crippen MR) is 72.2 cm³/mol. The van der Waals surface area contributed by atoms with E-state index in [0.29, 0.717) is 0 Å². The maximum atomic E-state index is 6.23. The summed E-state index contributed by atoms with van der Waals surface area (Å²) in [4.78, 5) is 0. The van der Waals surface area contributed by atoms with Gasteiger partial charge in [-0.15, -0.1) is 0 Å². The van der Waals surface area contributed by atoms with Gasteiger partial charge in [-0.1, -0.05) is 42.8 Å². The highest BCUT2D eigenvalue weighted by atomic mass is 127. The first-order valence-corrected chi connectivity index (χ1v) is 9.31. The molecule has 0 radical (unpaired) electrons. The molecule has 0 spiro atoms. The molecule has 1 aromatic rings. The molecule has 0 N–H and O–H groups in total. The molecule has 0 fully saturated rings. The van der Waals surface area contributed by atoms with Crippen LogP contribution in [0.3, 0.4) is 0 Å². The molecule has 0 atom stereocenters. The van der Waals surface area contributed by atoms with Crippen LogP contribution in [0.5, 0.6) is 0 Å². The Kier molecular flexibility index (Phi) is 3.72. The van der Waals surface area contributed by atoms with Gasteiger partial charge in [0, 0.05) is 8.59 Å². The van der Waals surface area contributed by atoms with Crippen LogP contribution in [-0.4, -0.2) is 8.07 Å². The van der Waals surface area contributed by atoms with Crippen LogP contribution < -0.4 is 5.19 Å². The Balaban J connectivity index is 3.43. The van der Waals surface area contributed by atoms with Gasteiger partial charge in [0.2, 0.25) is 0 Å². The summed E-state index contributed by atoms with van der Waals surface area (Å²) >= 11 is 14.6. The predicted octanol–water partition coefficient (Wildman–Crippen LogP) is 4.14. The summed E-state index contributed by atoms with van der Waals surface area (Å²) in [5.41, 5.74) is 0. The molecule has 0 aliphatic heterocycles. The summed E-state index contributed by atoms with van der Waals surface area (Å²) in [7, 11) is -1.42. The normalized spacial score (nSPS) is 11.8. The Morgan fingerprint density at radius 1 is 1.15 bits per heavy atom. The Morgan fingerprint density at radius 2 is 1.69 bits per heavy atom. The zero-order valence-corrected chi connectivity index (χ0v) is 12.5. The zero-order valence-electron chi connectivity index (χ0n) is 7.79. The molecule has 0 aliphatic rings. The van der Waals surface area contributed by atoms with Crippen molar-refractivity contribution in [3.05, 3.63) is 25.7 Å². The molecule has 1 rings (SSSR count). The van der Waals surface area contributed by atoms with Crippen LogP contribution in [0.15, 0.2) is 12.1 Å². The molecule has 0 nitrogen and oxygen atoms in total. The van der Waals surface area contributed by atoms with Gasteiger partial charge in [-0.3, -0.25) is 0 Å². The van der Waals surface area contributed by atoms with Gasteiger partial charge >= 0.3 is 0 Å². The molecule has 0 bridgehead atoms. The molecule has 1 aromatic carbocycles. The molecule has 72 valence electrons. The third-order valence-corrected chi connectivity index (χ3v) is 6.06. The van der Waals surface area contributed by atoms with Crippen molar-refractivity contribution >= 4 is 59.1 Å². The average molecular weight is 345 g/mol. The Labute approximate surface area is 104 Å². The van der Waals surface area contributed by atoms with Crippen LogP contribution in [0, 0.1) is 3.57 Å². The number of benzene rings is 1. The van der Waals surface area contributed by atoms with Crippen LogP contribution in [0.4, 0.5) is 0 Å². The second kappa shape index (κ2) is 4.09. The minimum Gasteiger partial charge on any atom is -0.0844 e. The fourth-order valence-electron chi connectivity index (χ4n) is 1.21. The van der Waals surface area contributed by atoms with Gasteiger partial charge in [-0.05, 0) is 39.9 Å². The molecule has 4 heteroatoms. The SMILES string of the molecule is C[Si](C)(C)c1c(Cl)ccc(I)c1Cl. The maximum absolute atomic E-state index is 6.23. The third kappa shape index (κ3) is 2.61. The first kappa shape index (κ1) is 11.8. The number of halogens is 3. The standard InChI is InChI=1S/C9H11Cl2ISi/c1-13(2,3)9-6(10)4-5-7(12)8(9)11/h4-5H,1-3H3. The van der Waals surface area contributed by atoms with E-state index in [1.807, 2.05) is 12.1 Å². The maximum Gasteiger partial charge on any atom is 0.0815 e. The molecule has 0 unspecified atom stereocenters. The number of hydrogen-bond acceptors (Lipinski definition) is 0. The highest BCUT2D eigenvalue weighted by Gasteiger charge is 2.23. The van der Waals surface area contributed by atoms with Crippen LogP contribution in [0.25, 0.3) is 0 Å². The highest BCUT2D eigenvalue weighted by molar-refractivity contribution is 14.1. The molecule has 0 heterocycles. The van der Waals surface area contributed by atoms with Crippen LogP contribution >= 0.6 is 45.8 Å². The van der Waals surface area contributed by atoms with Crippen LogP contribution in [-0.2, 0) is 0 Å². The van der Waals surface area contributed by atoms with E-state index in [4.69, 9.17) is 23.2 Å². The lowest BCUT2D eigenvalue weighted by Gasteiger charge is -2.20. The number of hydrogen-bond donors (Lipinski definition) is 0. The van der Waals surface area contributed by atoms with Gasteiger partial charge in [0.1, 0.15) is 0 Å². The number of rotatable bonds is 1. The van der Waals surface area contributed by atoms with E-state index in [1.165, 1.54) is 5.19 Å². The van der Waals surface area contributed by atoms with Gasteiger partial charge in [-0.2, -0.15) is 0 Å². The van der Waals surface area contributed by atoms with E-state index in [0.717, 1.165) is 13.6 Å². The molecule has 0 aromatic heterocycles. The molecule has 0 amide bonds. The van der Waals surface area contributed by atoms with Crippen LogP contribution in [0.2, 0.25) is 29.7 Å². The molecular weight excluding hydrogens is 334 g/mol. The van der Waals surface area contributed by atoms with Gasteiger partial charge in [0.25, 0.3) is 0 Å². The average Bonchev–Trinajstić information content (AvgIpc) is 1.95. The van der Waals surface area contributed by atoms with Gasteiger partial charge < -0.3 is 0 Å². The smallest absolute Gasteiger partial charge is 0.0815 e. The van der Waals surface area contributed by atoms with Crippen molar-refractivity contribution < 1.29 is 0 Å². The lowest BCUT2D eigenvalue weighted by Crippen LogP contribution is -2.39. The molecule has 13 heavy (non-hydrogen) atoms. The third-order valence-electron chi connectivity index (χ3n) is 1.79. The fourth-order valence-corrected chi connectivity index (χ4v) is 5.58. The van der Waals surface area contributed by atoms with E-state index >= 15 is 0 Å². The first-order chi connectivity index (χ1) is 5.84. The second-order valence-corrected chi connectivity index (χ2v) is 10.9. The van der Waals surface area contributed by atoms with Crippen molar-refractivity contribution in [2.24, 2.45) is 0 Å². The summed E-state index contributed by atoms with van der Waals surface area (Å²) in [5.74, 6) is 0. The lowest BCUT2D eigenvalue weighted by molar-refractivity contribution is 1.63. The minimum absolute atomic E-state index is 0.810. The Morgan fingerprint density at radius 3 is 2.08 bits per heavy atom. The van der Waals surface area contributed by atoms with Crippen molar-refractivity contribution in [3.63, 3.8) is 0 Å². The fraction of sp³-hybridized carbons (Fsp3) is 0.333. The summed E-state index contributed by atoms with van der Waals surface area (Å²) in [6.45, 7) is 6.74. The summed E-state index contributed by atoms with van der Waals surface area (Å²) in [5, 5.41) is 2.82. The summed E-state index contributed by atoms with van der Waals surface area (Å²) in [6, 6.07) is 3.89. The zero-order chi connectivity index (χ0) is 10.2. The van der Waals surface area contributed by atoms with Gasteiger partial charge in [0.15, 0.2) is 0 Å². The van der Waals surface area contributed by atoms with E-state index in [1.54, 1.807) is 0 Å². The van der Waals surface area contributed by atoms with Gasteiger partial charge in [-0.25, -0.2) is 0 Å². The Hall–Kier alpha value is 0.747. The van der Waals surface area contributed by atoms with E-state index in [2.05, 4.69) is 42.2 Å². The monoisotopic (exact) mass is 344 g/mol. The molecule has 0 aliphatic carbocycles.